The first-order valence-corrected chi connectivity index (χ1v) is 9.74. The van der Waals surface area contributed by atoms with Crippen molar-refractivity contribution in [1.29, 1.82) is 0 Å². The lowest BCUT2D eigenvalue weighted by molar-refractivity contribution is 0.111. The molecule has 4 aliphatic carbocycles. The molecule has 0 amide bonds. The number of fused-ring (bicyclic) bond motifs is 4. The molecule has 0 heterocycles. The zero-order valence-electron chi connectivity index (χ0n) is 14.4. The fraction of sp³-hybridized carbons (Fsp3) is 0.810. The second-order valence-electron chi connectivity index (χ2n) is 8.32. The first-order valence-electron chi connectivity index (χ1n) is 9.74. The van der Waals surface area contributed by atoms with E-state index in [9.17, 15) is 0 Å². The van der Waals surface area contributed by atoms with Crippen molar-refractivity contribution in [1.82, 2.24) is 0 Å². The molecule has 0 aromatic rings. The Morgan fingerprint density at radius 1 is 1.14 bits per heavy atom. The normalized spacial score (nSPS) is 40.6. The molecular formula is C21H32O. The van der Waals surface area contributed by atoms with Crippen molar-refractivity contribution < 1.29 is 4.74 Å². The number of methoxy groups -OCH3 is 1. The summed E-state index contributed by atoms with van der Waals surface area (Å²) in [4.78, 5) is 0. The van der Waals surface area contributed by atoms with Crippen LogP contribution in [0.1, 0.15) is 71.1 Å². The molecule has 4 aliphatic rings. The summed E-state index contributed by atoms with van der Waals surface area (Å²) in [5, 5.41) is 0. The van der Waals surface area contributed by atoms with E-state index in [1.54, 1.807) is 18.4 Å². The van der Waals surface area contributed by atoms with Gasteiger partial charge < -0.3 is 4.74 Å². The van der Waals surface area contributed by atoms with Crippen molar-refractivity contribution in [3.8, 4) is 0 Å². The van der Waals surface area contributed by atoms with Crippen LogP contribution in [-0.4, -0.2) is 7.11 Å². The van der Waals surface area contributed by atoms with Crippen molar-refractivity contribution in [3.05, 3.63) is 23.0 Å². The lowest BCUT2D eigenvalue weighted by Gasteiger charge is -2.46. The molecular weight excluding hydrogens is 268 g/mol. The quantitative estimate of drug-likeness (QED) is 0.592. The Bertz CT molecular complexity index is 486. The maximum Gasteiger partial charge on any atom is 0.0959 e. The van der Waals surface area contributed by atoms with E-state index in [2.05, 4.69) is 13.0 Å². The van der Waals surface area contributed by atoms with Crippen LogP contribution in [0.15, 0.2) is 23.0 Å². The third-order valence-electron chi connectivity index (χ3n) is 7.34. The Morgan fingerprint density at radius 3 is 2.86 bits per heavy atom. The minimum Gasteiger partial charge on any atom is -0.501 e. The third kappa shape index (κ3) is 2.45. The summed E-state index contributed by atoms with van der Waals surface area (Å²) < 4.78 is 5.51. The third-order valence-corrected chi connectivity index (χ3v) is 7.34. The first kappa shape index (κ1) is 14.8. The summed E-state index contributed by atoms with van der Waals surface area (Å²) in [5.41, 5.74) is 3.59. The van der Waals surface area contributed by atoms with Crippen LogP contribution in [0.3, 0.4) is 0 Å². The van der Waals surface area contributed by atoms with E-state index >= 15 is 0 Å². The van der Waals surface area contributed by atoms with Crippen molar-refractivity contribution in [2.24, 2.45) is 29.6 Å². The second-order valence-corrected chi connectivity index (χ2v) is 8.32. The molecule has 1 nitrogen and oxygen atoms in total. The first-order chi connectivity index (χ1) is 10.8. The molecule has 1 heteroatoms. The van der Waals surface area contributed by atoms with E-state index in [0.29, 0.717) is 0 Å². The average molecular weight is 300 g/mol. The zero-order valence-corrected chi connectivity index (χ0v) is 14.4. The molecule has 0 saturated heterocycles. The molecule has 0 radical (unpaired) electrons. The largest absolute Gasteiger partial charge is 0.501 e. The summed E-state index contributed by atoms with van der Waals surface area (Å²) in [6, 6.07) is 0. The van der Waals surface area contributed by atoms with Gasteiger partial charge in [-0.2, -0.15) is 0 Å². The molecule has 0 aromatic carbocycles. The number of rotatable bonds is 3. The molecule has 22 heavy (non-hydrogen) atoms. The Morgan fingerprint density at radius 2 is 2.05 bits per heavy atom. The van der Waals surface area contributed by atoms with Gasteiger partial charge in [-0.1, -0.05) is 30.9 Å². The molecule has 0 N–H and O–H groups in total. The predicted octanol–water partition coefficient (Wildman–Crippen LogP) is 5.87. The van der Waals surface area contributed by atoms with Gasteiger partial charge in [0.15, 0.2) is 0 Å². The molecule has 1 unspecified atom stereocenters. The van der Waals surface area contributed by atoms with E-state index in [1.165, 1.54) is 50.7 Å². The van der Waals surface area contributed by atoms with Crippen LogP contribution in [-0.2, 0) is 4.74 Å². The van der Waals surface area contributed by atoms with E-state index < -0.39 is 0 Å². The van der Waals surface area contributed by atoms with Gasteiger partial charge in [-0.15, -0.1) is 0 Å². The number of hydrogen-bond acceptors (Lipinski definition) is 1. The molecule has 2 fully saturated rings. The monoisotopic (exact) mass is 300 g/mol. The number of hydrogen-bond donors (Lipinski definition) is 0. The fourth-order valence-corrected chi connectivity index (χ4v) is 6.45. The van der Waals surface area contributed by atoms with Crippen LogP contribution in [0, 0.1) is 29.6 Å². The average Bonchev–Trinajstić information content (AvgIpc) is 2.97. The number of allylic oxidation sites excluding steroid dienone is 3. The molecule has 5 atom stereocenters. The Kier molecular flexibility index (Phi) is 4.09. The highest BCUT2D eigenvalue weighted by Crippen LogP contribution is 2.57. The Hall–Kier alpha value is -0.720. The van der Waals surface area contributed by atoms with Gasteiger partial charge in [0.05, 0.1) is 12.9 Å². The topological polar surface area (TPSA) is 9.23 Å². The highest BCUT2D eigenvalue weighted by molar-refractivity contribution is 5.32. The van der Waals surface area contributed by atoms with Gasteiger partial charge in [0.1, 0.15) is 0 Å². The highest BCUT2D eigenvalue weighted by atomic mass is 16.5. The zero-order chi connectivity index (χ0) is 15.1. The summed E-state index contributed by atoms with van der Waals surface area (Å²) in [6.45, 7) is 2.37. The number of ether oxygens (including phenoxy) is 1. The SMILES string of the molecule is CCCC1C[C@H]2CC[C@@H]3C4=C(CC[C@H]3[C@@H]2C1)CC(OC)=CC4. The highest BCUT2D eigenvalue weighted by Gasteiger charge is 2.47. The smallest absolute Gasteiger partial charge is 0.0959 e. The van der Waals surface area contributed by atoms with Gasteiger partial charge in [0.2, 0.25) is 0 Å². The molecule has 122 valence electrons. The van der Waals surface area contributed by atoms with Gasteiger partial charge >= 0.3 is 0 Å². The fourth-order valence-electron chi connectivity index (χ4n) is 6.45. The molecule has 2 saturated carbocycles. The summed E-state index contributed by atoms with van der Waals surface area (Å²) in [7, 11) is 1.83. The van der Waals surface area contributed by atoms with Crippen LogP contribution in [0.4, 0.5) is 0 Å². The molecule has 0 aliphatic heterocycles. The maximum atomic E-state index is 5.51. The van der Waals surface area contributed by atoms with Crippen LogP contribution >= 0.6 is 0 Å². The van der Waals surface area contributed by atoms with Crippen LogP contribution in [0.2, 0.25) is 0 Å². The maximum absolute atomic E-state index is 5.51. The predicted molar refractivity (Wildman–Crippen MR) is 91.4 cm³/mol. The van der Waals surface area contributed by atoms with Crippen molar-refractivity contribution in [3.63, 3.8) is 0 Å². The van der Waals surface area contributed by atoms with E-state index in [4.69, 9.17) is 4.74 Å². The van der Waals surface area contributed by atoms with Gasteiger partial charge in [-0.25, -0.2) is 0 Å². The minimum atomic E-state index is 0.931. The van der Waals surface area contributed by atoms with Crippen molar-refractivity contribution in [2.45, 2.75) is 71.1 Å². The van der Waals surface area contributed by atoms with Gasteiger partial charge in [-0.05, 0) is 80.6 Å². The standard InChI is InChI=1S/C21H32O/c1-3-4-14-11-15-5-8-19-18-10-7-17(22-2)13-16(18)6-9-20(19)21(15)12-14/h7,14-15,19-21H,3-6,8-13H2,1-2H3/t14?,15-,19-,20-,21-/m1/s1. The van der Waals surface area contributed by atoms with Crippen LogP contribution in [0.5, 0.6) is 0 Å². The van der Waals surface area contributed by atoms with Gasteiger partial charge in [0, 0.05) is 6.42 Å². The minimum absolute atomic E-state index is 0.931. The van der Waals surface area contributed by atoms with E-state index in [0.717, 1.165) is 36.0 Å². The Labute approximate surface area is 136 Å². The molecule has 0 aromatic heterocycles. The lowest BCUT2D eigenvalue weighted by Crippen LogP contribution is -2.36. The summed E-state index contributed by atoms with van der Waals surface area (Å²) in [6.07, 6.45) is 16.5. The van der Waals surface area contributed by atoms with E-state index in [1.807, 2.05) is 12.7 Å². The van der Waals surface area contributed by atoms with E-state index in [-0.39, 0.29) is 0 Å². The van der Waals surface area contributed by atoms with Crippen molar-refractivity contribution in [2.75, 3.05) is 7.11 Å². The molecule has 0 bridgehead atoms. The van der Waals surface area contributed by atoms with Gasteiger partial charge in [-0.3, -0.25) is 0 Å². The van der Waals surface area contributed by atoms with Crippen molar-refractivity contribution >= 4 is 0 Å². The molecule has 0 spiro atoms. The van der Waals surface area contributed by atoms with Crippen LogP contribution in [0.25, 0.3) is 0 Å². The summed E-state index contributed by atoms with van der Waals surface area (Å²) >= 11 is 0. The lowest BCUT2D eigenvalue weighted by atomic mass is 9.59. The molecule has 4 rings (SSSR count). The van der Waals surface area contributed by atoms with Crippen LogP contribution < -0.4 is 0 Å². The van der Waals surface area contributed by atoms with Gasteiger partial charge in [0.25, 0.3) is 0 Å². The summed E-state index contributed by atoms with van der Waals surface area (Å²) in [5.74, 6) is 6.37. The second kappa shape index (κ2) is 6.06. The Balaban J connectivity index is 1.51.